The summed E-state index contributed by atoms with van der Waals surface area (Å²) in [6.07, 6.45) is 0. The summed E-state index contributed by atoms with van der Waals surface area (Å²) in [5.41, 5.74) is 0. The van der Waals surface area contributed by atoms with Crippen molar-refractivity contribution in [2.24, 2.45) is 0 Å². The quantitative estimate of drug-likeness (QED) is 0.867. The van der Waals surface area contributed by atoms with Gasteiger partial charge in [0.25, 0.3) is 0 Å². The van der Waals surface area contributed by atoms with Crippen LogP contribution in [0.1, 0.15) is 0 Å². The van der Waals surface area contributed by atoms with Crippen LogP contribution in [0.2, 0.25) is 5.02 Å². The van der Waals surface area contributed by atoms with E-state index in [1.807, 2.05) is 0 Å². The van der Waals surface area contributed by atoms with E-state index in [0.29, 0.717) is 0 Å². The van der Waals surface area contributed by atoms with Crippen molar-refractivity contribution >= 4 is 21.6 Å². The predicted octanol–water partition coefficient (Wildman–Crippen LogP) is 1.59. The van der Waals surface area contributed by atoms with Crippen LogP contribution in [0.15, 0.2) is 23.1 Å². The molecule has 0 aliphatic rings. The average Bonchev–Trinajstić information content (AvgIpc) is 2.09. The maximum absolute atomic E-state index is 13.2. The molecule has 1 N–H and O–H groups in total. The monoisotopic (exact) mass is 236 g/mol. The fraction of sp³-hybridized carbons (Fsp3) is 0.125. The Morgan fingerprint density at radius 3 is 2.71 bits per heavy atom. The third kappa shape index (κ3) is 2.23. The summed E-state index contributed by atoms with van der Waals surface area (Å²) < 4.78 is 38.0. The average molecular weight is 237 g/mol. The first-order chi connectivity index (χ1) is 6.49. The molecule has 0 aliphatic carbocycles. The highest BCUT2D eigenvalue weighted by atomic mass is 35.5. The van der Waals surface area contributed by atoms with E-state index in [9.17, 15) is 12.8 Å². The molecule has 0 amide bonds. The van der Waals surface area contributed by atoms with E-state index in [0.717, 1.165) is 6.07 Å². The van der Waals surface area contributed by atoms with Gasteiger partial charge in [-0.15, -0.1) is 0 Å². The molecule has 0 aliphatic heterocycles. The number of hydrogen-bond donors (Lipinski definition) is 1. The zero-order valence-corrected chi connectivity index (χ0v) is 8.70. The van der Waals surface area contributed by atoms with Crippen LogP contribution in [-0.2, 0) is 10.0 Å². The van der Waals surface area contributed by atoms with Crippen molar-refractivity contribution in [2.45, 2.75) is 4.90 Å². The number of sulfonamides is 1. The van der Waals surface area contributed by atoms with Crippen molar-refractivity contribution in [1.82, 2.24) is 4.72 Å². The summed E-state index contributed by atoms with van der Waals surface area (Å²) in [4.78, 5) is -0.464. The highest BCUT2D eigenvalue weighted by Gasteiger charge is 2.19. The molecule has 77 valence electrons. The van der Waals surface area contributed by atoms with Crippen LogP contribution in [0, 0.1) is 12.7 Å². The second-order valence-electron chi connectivity index (χ2n) is 2.45. The lowest BCUT2D eigenvalue weighted by Gasteiger charge is -2.05. The van der Waals surface area contributed by atoms with Crippen molar-refractivity contribution in [3.05, 3.63) is 36.0 Å². The smallest absolute Gasteiger partial charge is 0.211 e. The SMILES string of the molecule is [CH2]CNS(=O)(=O)c1cccc(Cl)c1F. The molecule has 0 unspecified atom stereocenters. The van der Waals surface area contributed by atoms with E-state index in [4.69, 9.17) is 11.6 Å². The minimum Gasteiger partial charge on any atom is -0.211 e. The number of rotatable bonds is 3. The van der Waals surface area contributed by atoms with E-state index >= 15 is 0 Å². The van der Waals surface area contributed by atoms with Gasteiger partial charge in [0.1, 0.15) is 4.90 Å². The molecule has 0 bridgehead atoms. The Morgan fingerprint density at radius 1 is 1.50 bits per heavy atom. The minimum atomic E-state index is -3.84. The lowest BCUT2D eigenvalue weighted by molar-refractivity contribution is 0.560. The van der Waals surface area contributed by atoms with Gasteiger partial charge in [-0.05, 0) is 19.1 Å². The van der Waals surface area contributed by atoms with Gasteiger partial charge in [0.2, 0.25) is 10.0 Å². The molecular weight excluding hydrogens is 229 g/mol. The first kappa shape index (κ1) is 11.4. The fourth-order valence-corrected chi connectivity index (χ4v) is 2.16. The zero-order chi connectivity index (χ0) is 10.8. The second kappa shape index (κ2) is 4.25. The summed E-state index contributed by atoms with van der Waals surface area (Å²) in [6.45, 7) is 3.26. The van der Waals surface area contributed by atoms with Crippen LogP contribution in [0.5, 0.6) is 0 Å². The Kier molecular flexibility index (Phi) is 3.47. The lowest BCUT2D eigenvalue weighted by Crippen LogP contribution is -2.24. The normalized spacial score (nSPS) is 11.6. The van der Waals surface area contributed by atoms with Gasteiger partial charge in [-0.1, -0.05) is 17.7 Å². The number of nitrogens with one attached hydrogen (secondary N) is 1. The van der Waals surface area contributed by atoms with E-state index in [-0.39, 0.29) is 11.6 Å². The molecule has 0 spiro atoms. The van der Waals surface area contributed by atoms with Crippen molar-refractivity contribution in [3.8, 4) is 0 Å². The maximum Gasteiger partial charge on any atom is 0.243 e. The molecule has 0 heterocycles. The van der Waals surface area contributed by atoms with Gasteiger partial charge in [0.15, 0.2) is 5.82 Å². The molecule has 14 heavy (non-hydrogen) atoms. The largest absolute Gasteiger partial charge is 0.243 e. The standard InChI is InChI=1S/C8H8ClFNO2S/c1-2-11-14(12,13)7-5-3-4-6(9)8(7)10/h3-5,11H,1-2H2. The molecule has 0 saturated heterocycles. The fourth-order valence-electron chi connectivity index (χ4n) is 0.904. The summed E-state index contributed by atoms with van der Waals surface area (Å²) in [5, 5.41) is -0.225. The van der Waals surface area contributed by atoms with Crippen LogP contribution in [0.3, 0.4) is 0 Å². The van der Waals surface area contributed by atoms with E-state index in [1.54, 1.807) is 0 Å². The second-order valence-corrected chi connectivity index (χ2v) is 4.59. The van der Waals surface area contributed by atoms with Gasteiger partial charge >= 0.3 is 0 Å². The van der Waals surface area contributed by atoms with Crippen LogP contribution < -0.4 is 4.72 Å². The van der Waals surface area contributed by atoms with Gasteiger partial charge in [0, 0.05) is 6.54 Å². The zero-order valence-electron chi connectivity index (χ0n) is 7.13. The van der Waals surface area contributed by atoms with Crippen molar-refractivity contribution < 1.29 is 12.8 Å². The molecule has 1 aromatic carbocycles. The van der Waals surface area contributed by atoms with Gasteiger partial charge in [0.05, 0.1) is 5.02 Å². The topological polar surface area (TPSA) is 46.2 Å². The molecule has 0 saturated carbocycles. The maximum atomic E-state index is 13.2. The van der Waals surface area contributed by atoms with E-state index < -0.39 is 20.7 Å². The molecule has 0 aromatic heterocycles. The Bertz CT molecular complexity index is 433. The van der Waals surface area contributed by atoms with E-state index in [1.165, 1.54) is 12.1 Å². The summed E-state index contributed by atoms with van der Waals surface area (Å²) in [6, 6.07) is 3.78. The first-order valence-corrected chi connectivity index (χ1v) is 5.58. The van der Waals surface area contributed by atoms with Crippen molar-refractivity contribution in [2.75, 3.05) is 6.54 Å². The summed E-state index contributed by atoms with van der Waals surface area (Å²) >= 11 is 5.44. The van der Waals surface area contributed by atoms with Gasteiger partial charge in [-0.2, -0.15) is 0 Å². The first-order valence-electron chi connectivity index (χ1n) is 3.72. The minimum absolute atomic E-state index is 0.0473. The molecule has 0 fully saturated rings. The number of hydrogen-bond acceptors (Lipinski definition) is 2. The lowest BCUT2D eigenvalue weighted by atomic mass is 10.3. The Labute approximate surface area is 86.9 Å². The van der Waals surface area contributed by atoms with Crippen LogP contribution in [0.4, 0.5) is 4.39 Å². The Hall–Kier alpha value is -0.650. The van der Waals surface area contributed by atoms with Crippen LogP contribution in [0.25, 0.3) is 0 Å². The third-order valence-electron chi connectivity index (χ3n) is 1.50. The van der Waals surface area contributed by atoms with E-state index in [2.05, 4.69) is 11.6 Å². The predicted molar refractivity (Wildman–Crippen MR) is 52.0 cm³/mol. The van der Waals surface area contributed by atoms with Crippen molar-refractivity contribution in [3.63, 3.8) is 0 Å². The third-order valence-corrected chi connectivity index (χ3v) is 3.27. The molecule has 1 radical (unpaired) electrons. The molecule has 6 heteroatoms. The van der Waals surface area contributed by atoms with Gasteiger partial charge in [-0.3, -0.25) is 0 Å². The van der Waals surface area contributed by atoms with Gasteiger partial charge < -0.3 is 0 Å². The van der Waals surface area contributed by atoms with Gasteiger partial charge in [-0.25, -0.2) is 17.5 Å². The Balaban J connectivity index is 3.27. The number of benzene rings is 1. The molecular formula is C8H8ClFNO2S. The van der Waals surface area contributed by atoms with Crippen molar-refractivity contribution in [1.29, 1.82) is 0 Å². The molecule has 1 aromatic rings. The highest BCUT2D eigenvalue weighted by Crippen LogP contribution is 2.21. The van der Waals surface area contributed by atoms with Crippen LogP contribution >= 0.6 is 11.6 Å². The highest BCUT2D eigenvalue weighted by molar-refractivity contribution is 7.89. The Morgan fingerprint density at radius 2 is 2.14 bits per heavy atom. The van der Waals surface area contributed by atoms with Crippen LogP contribution in [-0.4, -0.2) is 15.0 Å². The summed E-state index contributed by atoms with van der Waals surface area (Å²) in [5.74, 6) is -0.949. The summed E-state index contributed by atoms with van der Waals surface area (Å²) in [7, 11) is -3.84. The molecule has 1 rings (SSSR count). The molecule has 0 atom stereocenters. The molecule has 3 nitrogen and oxygen atoms in total. The number of halogens is 2.